The van der Waals surface area contributed by atoms with Gasteiger partial charge in [0.2, 0.25) is 10.0 Å². The third-order valence-corrected chi connectivity index (χ3v) is 6.09. The number of aliphatic hydroxyl groups excluding tert-OH is 1. The molecule has 0 bridgehead atoms. The molecule has 0 spiro atoms. The maximum atomic E-state index is 12.1. The van der Waals surface area contributed by atoms with Gasteiger partial charge in [0.25, 0.3) is 0 Å². The molecule has 2 rings (SSSR count). The molecule has 2 N–H and O–H groups in total. The van der Waals surface area contributed by atoms with Crippen molar-refractivity contribution in [2.45, 2.75) is 16.2 Å². The molecule has 0 saturated carbocycles. The van der Waals surface area contributed by atoms with Gasteiger partial charge >= 0.3 is 0 Å². The SMILES string of the molecule is O=S(=O)(NC[C@]1(OCCO)CCOC1)c1ccc(Cl)s1. The van der Waals surface area contributed by atoms with E-state index in [1.807, 2.05) is 0 Å². The fraction of sp³-hybridized carbons (Fsp3) is 0.636. The number of hydrogen-bond donors (Lipinski definition) is 2. The summed E-state index contributed by atoms with van der Waals surface area (Å²) < 4.78 is 38.2. The number of hydrogen-bond acceptors (Lipinski definition) is 6. The Morgan fingerprint density at radius 2 is 2.35 bits per heavy atom. The Morgan fingerprint density at radius 3 is 2.90 bits per heavy atom. The average molecular weight is 342 g/mol. The maximum Gasteiger partial charge on any atom is 0.250 e. The largest absolute Gasteiger partial charge is 0.394 e. The standard InChI is InChI=1S/C11H16ClNO5S2/c12-9-1-2-10(19-9)20(15,16)13-7-11(18-6-4-14)3-5-17-8-11/h1-2,13-14H,3-8H2/t11-/m1/s1. The summed E-state index contributed by atoms with van der Waals surface area (Å²) >= 11 is 6.74. The summed E-state index contributed by atoms with van der Waals surface area (Å²) in [6, 6.07) is 3.00. The van der Waals surface area contributed by atoms with Crippen LogP contribution in [-0.4, -0.2) is 52.1 Å². The maximum absolute atomic E-state index is 12.1. The molecule has 1 aromatic rings. The van der Waals surface area contributed by atoms with E-state index in [0.717, 1.165) is 11.3 Å². The predicted molar refractivity (Wildman–Crippen MR) is 75.7 cm³/mol. The number of aliphatic hydroxyl groups is 1. The molecule has 1 saturated heterocycles. The topological polar surface area (TPSA) is 84.9 Å². The number of ether oxygens (including phenoxy) is 2. The molecule has 0 amide bonds. The first-order valence-electron chi connectivity index (χ1n) is 6.05. The molecule has 1 atom stereocenters. The van der Waals surface area contributed by atoms with Crippen LogP contribution in [0.25, 0.3) is 0 Å². The van der Waals surface area contributed by atoms with Gasteiger partial charge in [-0.3, -0.25) is 0 Å². The van der Waals surface area contributed by atoms with Crippen molar-refractivity contribution in [1.82, 2.24) is 4.72 Å². The highest BCUT2D eigenvalue weighted by atomic mass is 35.5. The predicted octanol–water partition coefficient (Wildman–Crippen LogP) is 0.848. The molecule has 6 nitrogen and oxygen atoms in total. The second-order valence-electron chi connectivity index (χ2n) is 4.44. The molecule has 0 aromatic carbocycles. The first-order chi connectivity index (χ1) is 9.47. The van der Waals surface area contributed by atoms with Gasteiger partial charge in [0.1, 0.15) is 9.81 Å². The summed E-state index contributed by atoms with van der Waals surface area (Å²) in [5.74, 6) is 0. The van der Waals surface area contributed by atoms with Crippen LogP contribution in [0, 0.1) is 0 Å². The van der Waals surface area contributed by atoms with E-state index in [-0.39, 0.29) is 24.0 Å². The van der Waals surface area contributed by atoms with Crippen molar-refractivity contribution in [3.63, 3.8) is 0 Å². The molecule has 1 aliphatic heterocycles. The van der Waals surface area contributed by atoms with E-state index in [9.17, 15) is 8.42 Å². The van der Waals surface area contributed by atoms with Gasteiger partial charge in [-0.2, -0.15) is 0 Å². The fourth-order valence-electron chi connectivity index (χ4n) is 1.89. The smallest absolute Gasteiger partial charge is 0.250 e. The summed E-state index contributed by atoms with van der Waals surface area (Å²) in [6.07, 6.45) is 0.584. The van der Waals surface area contributed by atoms with Gasteiger partial charge in [0.15, 0.2) is 0 Å². The minimum Gasteiger partial charge on any atom is -0.394 e. The van der Waals surface area contributed by atoms with Gasteiger partial charge in [-0.1, -0.05) is 11.6 Å². The zero-order valence-corrected chi connectivity index (χ0v) is 13.1. The molecular formula is C11H16ClNO5S2. The Kier molecular flexibility index (Phi) is 5.41. The Balaban J connectivity index is 2.02. The number of sulfonamides is 1. The Labute approximate surface area is 126 Å². The zero-order valence-electron chi connectivity index (χ0n) is 10.7. The lowest BCUT2D eigenvalue weighted by molar-refractivity contribution is -0.0566. The number of halogens is 1. The van der Waals surface area contributed by atoms with Gasteiger partial charge in [0, 0.05) is 19.6 Å². The minimum absolute atomic E-state index is 0.102. The van der Waals surface area contributed by atoms with Crippen LogP contribution in [0.4, 0.5) is 0 Å². The summed E-state index contributed by atoms with van der Waals surface area (Å²) in [5, 5.41) is 8.83. The van der Waals surface area contributed by atoms with Crippen LogP contribution in [-0.2, 0) is 19.5 Å². The van der Waals surface area contributed by atoms with Crippen LogP contribution in [0.3, 0.4) is 0 Å². The monoisotopic (exact) mass is 341 g/mol. The van der Waals surface area contributed by atoms with Crippen LogP contribution in [0.2, 0.25) is 4.34 Å². The molecule has 2 heterocycles. The molecule has 20 heavy (non-hydrogen) atoms. The molecular weight excluding hydrogens is 326 g/mol. The lowest BCUT2D eigenvalue weighted by Crippen LogP contribution is -2.46. The van der Waals surface area contributed by atoms with Crippen LogP contribution in [0.1, 0.15) is 6.42 Å². The molecule has 1 fully saturated rings. The normalized spacial score (nSPS) is 23.3. The number of nitrogens with one attached hydrogen (secondary N) is 1. The third kappa shape index (κ3) is 3.91. The van der Waals surface area contributed by atoms with E-state index in [2.05, 4.69) is 4.72 Å². The van der Waals surface area contributed by atoms with E-state index in [0.29, 0.717) is 24.0 Å². The van der Waals surface area contributed by atoms with E-state index in [1.54, 1.807) is 0 Å². The molecule has 0 unspecified atom stereocenters. The van der Waals surface area contributed by atoms with Crippen molar-refractivity contribution >= 4 is 33.0 Å². The highest BCUT2D eigenvalue weighted by Crippen LogP contribution is 2.27. The number of thiophene rings is 1. The first kappa shape index (κ1) is 16.2. The van der Waals surface area contributed by atoms with Crippen molar-refractivity contribution in [2.24, 2.45) is 0 Å². The van der Waals surface area contributed by atoms with Gasteiger partial charge < -0.3 is 14.6 Å². The summed E-state index contributed by atoms with van der Waals surface area (Å²) in [4.78, 5) is 0. The van der Waals surface area contributed by atoms with Crippen molar-refractivity contribution in [2.75, 3.05) is 33.0 Å². The lowest BCUT2D eigenvalue weighted by atomic mass is 10.0. The summed E-state index contributed by atoms with van der Waals surface area (Å²) in [5.41, 5.74) is -0.711. The average Bonchev–Trinajstić information content (AvgIpc) is 3.04. The Morgan fingerprint density at radius 1 is 1.55 bits per heavy atom. The molecule has 0 radical (unpaired) electrons. The fourth-order valence-corrected chi connectivity index (χ4v) is 4.54. The summed E-state index contributed by atoms with van der Waals surface area (Å²) in [6.45, 7) is 0.953. The number of rotatable bonds is 7. The van der Waals surface area contributed by atoms with E-state index < -0.39 is 15.6 Å². The third-order valence-electron chi connectivity index (χ3n) is 2.96. The van der Waals surface area contributed by atoms with E-state index >= 15 is 0 Å². The van der Waals surface area contributed by atoms with Crippen molar-refractivity contribution in [3.8, 4) is 0 Å². The van der Waals surface area contributed by atoms with Crippen LogP contribution < -0.4 is 4.72 Å². The van der Waals surface area contributed by atoms with Crippen molar-refractivity contribution < 1.29 is 23.0 Å². The zero-order chi connectivity index (χ0) is 14.6. The molecule has 114 valence electrons. The molecule has 9 heteroatoms. The van der Waals surface area contributed by atoms with E-state index in [1.165, 1.54) is 12.1 Å². The second kappa shape index (κ2) is 6.69. The highest BCUT2D eigenvalue weighted by molar-refractivity contribution is 7.91. The summed E-state index contributed by atoms with van der Waals surface area (Å²) in [7, 11) is -3.60. The lowest BCUT2D eigenvalue weighted by Gasteiger charge is -2.27. The second-order valence-corrected chi connectivity index (χ2v) is 8.15. The quantitative estimate of drug-likeness (QED) is 0.768. The molecule has 1 aliphatic rings. The van der Waals surface area contributed by atoms with Crippen molar-refractivity contribution in [1.29, 1.82) is 0 Å². The Bertz CT molecular complexity index is 539. The van der Waals surface area contributed by atoms with E-state index in [4.69, 9.17) is 26.2 Å². The first-order valence-corrected chi connectivity index (χ1v) is 8.73. The van der Waals surface area contributed by atoms with Crippen molar-refractivity contribution in [3.05, 3.63) is 16.5 Å². The van der Waals surface area contributed by atoms with Gasteiger partial charge in [-0.15, -0.1) is 11.3 Å². The molecule has 1 aromatic heterocycles. The Hall–Kier alpha value is -0.220. The van der Waals surface area contributed by atoms with Gasteiger partial charge in [-0.25, -0.2) is 13.1 Å². The van der Waals surface area contributed by atoms with Gasteiger partial charge in [0.05, 0.1) is 24.2 Å². The van der Waals surface area contributed by atoms with Crippen LogP contribution >= 0.6 is 22.9 Å². The van der Waals surface area contributed by atoms with Gasteiger partial charge in [-0.05, 0) is 12.1 Å². The highest BCUT2D eigenvalue weighted by Gasteiger charge is 2.37. The van der Waals surface area contributed by atoms with Crippen LogP contribution in [0.5, 0.6) is 0 Å². The minimum atomic E-state index is -3.60. The van der Waals surface area contributed by atoms with Crippen LogP contribution in [0.15, 0.2) is 16.3 Å². The molecule has 0 aliphatic carbocycles.